The molecule has 110 valence electrons. The van der Waals surface area contributed by atoms with E-state index in [1.807, 2.05) is 0 Å². The minimum absolute atomic E-state index is 0.107. The summed E-state index contributed by atoms with van der Waals surface area (Å²) in [6.45, 7) is 1.49. The van der Waals surface area contributed by atoms with Gasteiger partial charge in [0.05, 0.1) is 11.3 Å². The third kappa shape index (κ3) is 2.93. The van der Waals surface area contributed by atoms with Crippen LogP contribution in [0.5, 0.6) is 0 Å². The maximum absolute atomic E-state index is 12.5. The van der Waals surface area contributed by atoms with Crippen molar-refractivity contribution >= 4 is 5.91 Å². The van der Waals surface area contributed by atoms with Crippen molar-refractivity contribution in [3.63, 3.8) is 0 Å². The van der Waals surface area contributed by atoms with Gasteiger partial charge in [0, 0.05) is 6.07 Å². The molecule has 0 unspecified atom stereocenters. The molecule has 0 radical (unpaired) electrons. The second kappa shape index (κ2) is 5.04. The Labute approximate surface area is 116 Å². The fourth-order valence-corrected chi connectivity index (χ4v) is 1.76. The molecule has 1 heterocycles. The molecule has 1 aromatic heterocycles. The van der Waals surface area contributed by atoms with Crippen molar-refractivity contribution in [2.45, 2.75) is 13.1 Å². The quantitative estimate of drug-likeness (QED) is 0.915. The first-order valence-corrected chi connectivity index (χ1v) is 5.78. The van der Waals surface area contributed by atoms with E-state index in [4.69, 9.17) is 5.73 Å². The van der Waals surface area contributed by atoms with Gasteiger partial charge in [-0.15, -0.1) is 0 Å². The van der Waals surface area contributed by atoms with Crippen LogP contribution < -0.4 is 11.3 Å². The van der Waals surface area contributed by atoms with E-state index in [1.165, 1.54) is 6.92 Å². The van der Waals surface area contributed by atoms with Crippen LogP contribution in [0, 0.1) is 6.92 Å². The molecule has 0 fully saturated rings. The lowest BCUT2D eigenvalue weighted by Crippen LogP contribution is -2.26. The number of aromatic nitrogens is 2. The first kappa shape index (κ1) is 14.8. The average Bonchev–Trinajstić information content (AvgIpc) is 2.37. The standard InChI is InChI=1S/C13H10F3N3O2/c1-7-6-10(20)19(18-11(7)12(17)21)9-4-2-8(3-5-9)13(14,15)16/h2-6H,1H3,(H2,17,21). The van der Waals surface area contributed by atoms with Crippen LogP contribution in [-0.2, 0) is 6.18 Å². The Morgan fingerprint density at radius 2 is 1.81 bits per heavy atom. The molecule has 0 aliphatic heterocycles. The van der Waals surface area contributed by atoms with Gasteiger partial charge in [-0.1, -0.05) is 0 Å². The van der Waals surface area contributed by atoms with Crippen molar-refractivity contribution < 1.29 is 18.0 Å². The highest BCUT2D eigenvalue weighted by Crippen LogP contribution is 2.29. The van der Waals surface area contributed by atoms with Gasteiger partial charge in [-0.05, 0) is 36.8 Å². The zero-order chi connectivity index (χ0) is 15.8. The first-order chi connectivity index (χ1) is 9.70. The number of benzene rings is 1. The van der Waals surface area contributed by atoms with Crippen LogP contribution in [0.2, 0.25) is 0 Å². The van der Waals surface area contributed by atoms with Crippen LogP contribution in [0.4, 0.5) is 13.2 Å². The van der Waals surface area contributed by atoms with Crippen LogP contribution >= 0.6 is 0 Å². The smallest absolute Gasteiger partial charge is 0.364 e. The molecule has 0 saturated heterocycles. The normalized spacial score (nSPS) is 11.4. The zero-order valence-electron chi connectivity index (χ0n) is 10.8. The highest BCUT2D eigenvalue weighted by molar-refractivity contribution is 5.91. The lowest BCUT2D eigenvalue weighted by Gasteiger charge is -2.10. The topological polar surface area (TPSA) is 78.0 Å². The summed E-state index contributed by atoms with van der Waals surface area (Å²) >= 11 is 0. The molecule has 0 saturated carbocycles. The number of halogens is 3. The maximum atomic E-state index is 12.5. The van der Waals surface area contributed by atoms with Crippen LogP contribution in [0.1, 0.15) is 21.6 Å². The molecule has 0 aliphatic rings. The van der Waals surface area contributed by atoms with Gasteiger partial charge in [0.25, 0.3) is 11.5 Å². The Morgan fingerprint density at radius 1 is 1.24 bits per heavy atom. The van der Waals surface area contributed by atoms with E-state index in [2.05, 4.69) is 5.10 Å². The van der Waals surface area contributed by atoms with Crippen molar-refractivity contribution in [3.05, 3.63) is 57.5 Å². The lowest BCUT2D eigenvalue weighted by atomic mass is 10.2. The van der Waals surface area contributed by atoms with Gasteiger partial charge in [-0.2, -0.15) is 23.0 Å². The monoisotopic (exact) mass is 297 g/mol. The molecular formula is C13H10F3N3O2. The van der Waals surface area contributed by atoms with Crippen molar-refractivity contribution in [2.24, 2.45) is 5.73 Å². The number of aryl methyl sites for hydroxylation is 1. The van der Waals surface area contributed by atoms with Gasteiger partial charge in [0.15, 0.2) is 5.69 Å². The molecule has 0 spiro atoms. The molecule has 0 atom stereocenters. The van der Waals surface area contributed by atoms with Crippen LogP contribution in [0.15, 0.2) is 35.1 Å². The Bertz CT molecular complexity index is 749. The lowest BCUT2D eigenvalue weighted by molar-refractivity contribution is -0.137. The summed E-state index contributed by atoms with van der Waals surface area (Å²) in [5.41, 5.74) is 4.00. The predicted molar refractivity (Wildman–Crippen MR) is 68.1 cm³/mol. The number of rotatable bonds is 2. The molecule has 0 aliphatic carbocycles. The Morgan fingerprint density at radius 3 is 2.29 bits per heavy atom. The van der Waals surface area contributed by atoms with Crippen LogP contribution in [-0.4, -0.2) is 15.7 Å². The molecule has 8 heteroatoms. The third-order valence-corrected chi connectivity index (χ3v) is 2.79. The van der Waals surface area contributed by atoms with E-state index >= 15 is 0 Å². The Kier molecular flexibility index (Phi) is 3.54. The van der Waals surface area contributed by atoms with Crippen LogP contribution in [0.3, 0.4) is 0 Å². The summed E-state index contributed by atoms with van der Waals surface area (Å²) in [5, 5.41) is 3.78. The number of carbonyl (C=O) groups excluding carboxylic acids is 1. The van der Waals surface area contributed by atoms with E-state index in [0.717, 1.165) is 35.0 Å². The van der Waals surface area contributed by atoms with Gasteiger partial charge < -0.3 is 5.73 Å². The van der Waals surface area contributed by atoms with E-state index in [0.29, 0.717) is 5.56 Å². The SMILES string of the molecule is Cc1cc(=O)n(-c2ccc(C(F)(F)F)cc2)nc1C(N)=O. The van der Waals surface area contributed by atoms with Crippen molar-refractivity contribution in [1.82, 2.24) is 9.78 Å². The fraction of sp³-hybridized carbons (Fsp3) is 0.154. The molecule has 1 aromatic carbocycles. The van der Waals surface area contributed by atoms with Gasteiger partial charge in [0.2, 0.25) is 0 Å². The molecule has 1 amide bonds. The van der Waals surface area contributed by atoms with Crippen molar-refractivity contribution in [3.8, 4) is 5.69 Å². The minimum Gasteiger partial charge on any atom is -0.364 e. The Hall–Kier alpha value is -2.64. The summed E-state index contributed by atoms with van der Waals surface area (Å²) < 4.78 is 38.3. The highest BCUT2D eigenvalue weighted by atomic mass is 19.4. The summed E-state index contributed by atoms with van der Waals surface area (Å²) in [7, 11) is 0. The summed E-state index contributed by atoms with van der Waals surface area (Å²) in [6.07, 6.45) is -4.47. The number of nitrogens with zero attached hydrogens (tertiary/aromatic N) is 2. The number of nitrogens with two attached hydrogens (primary N) is 1. The highest BCUT2D eigenvalue weighted by Gasteiger charge is 2.30. The number of hydrogen-bond acceptors (Lipinski definition) is 3. The number of amides is 1. The number of alkyl halides is 3. The minimum atomic E-state index is -4.47. The molecule has 0 bridgehead atoms. The second-order valence-corrected chi connectivity index (χ2v) is 4.33. The Balaban J connectivity index is 2.54. The molecule has 2 aromatic rings. The van der Waals surface area contributed by atoms with Crippen molar-refractivity contribution in [2.75, 3.05) is 0 Å². The second-order valence-electron chi connectivity index (χ2n) is 4.33. The number of hydrogen-bond donors (Lipinski definition) is 1. The molecule has 2 N–H and O–H groups in total. The van der Waals surface area contributed by atoms with Gasteiger partial charge in [0.1, 0.15) is 0 Å². The molecule has 21 heavy (non-hydrogen) atoms. The molecule has 2 rings (SSSR count). The fourth-order valence-electron chi connectivity index (χ4n) is 1.76. The largest absolute Gasteiger partial charge is 0.416 e. The number of carbonyl (C=O) groups is 1. The summed E-state index contributed by atoms with van der Waals surface area (Å²) in [4.78, 5) is 23.0. The maximum Gasteiger partial charge on any atom is 0.416 e. The van der Waals surface area contributed by atoms with E-state index < -0.39 is 23.2 Å². The zero-order valence-corrected chi connectivity index (χ0v) is 10.8. The summed E-state index contributed by atoms with van der Waals surface area (Å²) in [6, 6.07) is 4.99. The van der Waals surface area contributed by atoms with E-state index in [1.54, 1.807) is 0 Å². The van der Waals surface area contributed by atoms with Crippen LogP contribution in [0.25, 0.3) is 5.69 Å². The van der Waals surface area contributed by atoms with Gasteiger partial charge in [-0.3, -0.25) is 9.59 Å². The van der Waals surface area contributed by atoms with Gasteiger partial charge >= 0.3 is 6.18 Å². The summed E-state index contributed by atoms with van der Waals surface area (Å²) in [5.74, 6) is -0.826. The van der Waals surface area contributed by atoms with Crippen molar-refractivity contribution in [1.29, 1.82) is 0 Å². The average molecular weight is 297 g/mol. The molecular weight excluding hydrogens is 287 g/mol. The van der Waals surface area contributed by atoms with E-state index in [-0.39, 0.29) is 11.4 Å². The number of primary amides is 1. The third-order valence-electron chi connectivity index (χ3n) is 2.79. The predicted octanol–water partition coefficient (Wildman–Crippen LogP) is 1.66. The molecule has 5 nitrogen and oxygen atoms in total. The van der Waals surface area contributed by atoms with E-state index in [9.17, 15) is 22.8 Å². The van der Waals surface area contributed by atoms with Gasteiger partial charge in [-0.25, -0.2) is 0 Å². The first-order valence-electron chi connectivity index (χ1n) is 5.78.